The first kappa shape index (κ1) is 15.6. The van der Waals surface area contributed by atoms with Gasteiger partial charge in [-0.3, -0.25) is 9.20 Å². The van der Waals surface area contributed by atoms with Crippen molar-refractivity contribution in [3.05, 3.63) is 53.6 Å². The van der Waals surface area contributed by atoms with Crippen LogP contribution in [0.5, 0.6) is 0 Å². The van der Waals surface area contributed by atoms with Gasteiger partial charge in [-0.15, -0.1) is 11.3 Å². The molecule has 3 aromatic heterocycles. The van der Waals surface area contributed by atoms with Crippen molar-refractivity contribution >= 4 is 33.3 Å². The van der Waals surface area contributed by atoms with Crippen LogP contribution in [0.15, 0.2) is 46.5 Å². The van der Waals surface area contributed by atoms with E-state index in [1.807, 2.05) is 51.3 Å². The molecule has 0 atom stereocenters. The maximum Gasteiger partial charge on any atom is 0.228 e. The van der Waals surface area contributed by atoms with Gasteiger partial charge >= 0.3 is 0 Å². The fraction of sp³-hybridized carbons (Fsp3) is 0.316. The van der Waals surface area contributed by atoms with Gasteiger partial charge in [-0.2, -0.15) is 0 Å². The van der Waals surface area contributed by atoms with Gasteiger partial charge in [-0.05, 0) is 25.0 Å². The van der Waals surface area contributed by atoms with Gasteiger partial charge in [0.05, 0.1) is 12.1 Å². The fourth-order valence-corrected chi connectivity index (χ4v) is 4.29. The zero-order valence-electron chi connectivity index (χ0n) is 14.2. The van der Waals surface area contributed by atoms with Crippen molar-refractivity contribution in [3.63, 3.8) is 0 Å². The summed E-state index contributed by atoms with van der Waals surface area (Å²) in [6, 6.07) is 7.84. The molecule has 1 aliphatic heterocycles. The molecule has 1 saturated heterocycles. The summed E-state index contributed by atoms with van der Waals surface area (Å²) < 4.78 is 7.86. The lowest BCUT2D eigenvalue weighted by molar-refractivity contribution is -0.131. The lowest BCUT2D eigenvalue weighted by atomic mass is 9.96. The molecule has 0 unspecified atom stereocenters. The Labute approximate surface area is 154 Å². The number of oxazole rings is 1. The van der Waals surface area contributed by atoms with Crippen molar-refractivity contribution in [1.82, 2.24) is 19.3 Å². The van der Waals surface area contributed by atoms with Crippen molar-refractivity contribution in [2.24, 2.45) is 0 Å². The van der Waals surface area contributed by atoms with E-state index in [-0.39, 0.29) is 11.8 Å². The van der Waals surface area contributed by atoms with Gasteiger partial charge in [0.15, 0.2) is 16.4 Å². The standard InChI is InChI=1S/C19H18N4O2S/c24-17(11-14-12-23-9-10-26-19(23)20-14)22-7-5-13(6-8-22)18-21-15-3-1-2-4-16(15)25-18/h1-4,9-10,12-13H,5-8,11H2. The van der Waals surface area contributed by atoms with E-state index in [2.05, 4.69) is 9.97 Å². The van der Waals surface area contributed by atoms with E-state index in [1.165, 1.54) is 0 Å². The third-order valence-corrected chi connectivity index (χ3v) is 5.75. The van der Waals surface area contributed by atoms with E-state index in [0.29, 0.717) is 6.42 Å². The number of aromatic nitrogens is 3. The van der Waals surface area contributed by atoms with E-state index < -0.39 is 0 Å². The van der Waals surface area contributed by atoms with Crippen LogP contribution in [0, 0.1) is 0 Å². The number of fused-ring (bicyclic) bond motifs is 2. The lowest BCUT2D eigenvalue weighted by Crippen LogP contribution is -2.38. The van der Waals surface area contributed by atoms with Crippen LogP contribution in [-0.2, 0) is 11.2 Å². The zero-order chi connectivity index (χ0) is 17.5. The quantitative estimate of drug-likeness (QED) is 0.557. The summed E-state index contributed by atoms with van der Waals surface area (Å²) in [6.45, 7) is 1.48. The van der Waals surface area contributed by atoms with Crippen LogP contribution in [0.25, 0.3) is 16.1 Å². The maximum absolute atomic E-state index is 12.6. The first-order chi connectivity index (χ1) is 12.8. The average Bonchev–Trinajstić information content (AvgIpc) is 3.35. The number of amides is 1. The summed E-state index contributed by atoms with van der Waals surface area (Å²) in [6.07, 6.45) is 6.04. The fourth-order valence-electron chi connectivity index (χ4n) is 3.57. The number of thiazole rings is 1. The molecule has 0 spiro atoms. The summed E-state index contributed by atoms with van der Waals surface area (Å²) in [5, 5.41) is 1.99. The molecule has 0 aliphatic carbocycles. The SMILES string of the molecule is O=C(Cc1cn2ccsc2n1)N1CCC(c2nc3ccccc3o2)CC1. The molecule has 7 heteroatoms. The number of carbonyl (C=O) groups is 1. The summed E-state index contributed by atoms with van der Waals surface area (Å²) in [7, 11) is 0. The van der Waals surface area contributed by atoms with E-state index in [1.54, 1.807) is 11.3 Å². The van der Waals surface area contributed by atoms with Gasteiger partial charge in [-0.25, -0.2) is 9.97 Å². The summed E-state index contributed by atoms with van der Waals surface area (Å²) >= 11 is 1.58. The highest BCUT2D eigenvalue weighted by molar-refractivity contribution is 7.15. The Hall–Kier alpha value is -2.67. The Morgan fingerprint density at radius 1 is 1.23 bits per heavy atom. The second-order valence-electron chi connectivity index (χ2n) is 6.68. The highest BCUT2D eigenvalue weighted by Gasteiger charge is 2.27. The minimum Gasteiger partial charge on any atom is -0.440 e. The normalized spacial score (nSPS) is 15.9. The molecule has 1 amide bonds. The van der Waals surface area contributed by atoms with Gasteiger partial charge in [-0.1, -0.05) is 12.1 Å². The van der Waals surface area contributed by atoms with Crippen molar-refractivity contribution in [2.75, 3.05) is 13.1 Å². The number of hydrogen-bond acceptors (Lipinski definition) is 5. The summed E-state index contributed by atoms with van der Waals surface area (Å²) in [5.41, 5.74) is 2.57. The third-order valence-electron chi connectivity index (χ3n) is 4.98. The smallest absolute Gasteiger partial charge is 0.228 e. The summed E-state index contributed by atoms with van der Waals surface area (Å²) in [5.74, 6) is 1.23. The van der Waals surface area contributed by atoms with Crippen LogP contribution in [-0.4, -0.2) is 38.3 Å². The molecule has 132 valence electrons. The topological polar surface area (TPSA) is 63.6 Å². The molecule has 1 fully saturated rings. The molecule has 0 N–H and O–H groups in total. The van der Waals surface area contributed by atoms with Crippen molar-refractivity contribution in [2.45, 2.75) is 25.2 Å². The molecule has 4 aromatic rings. The van der Waals surface area contributed by atoms with E-state index in [0.717, 1.165) is 53.6 Å². The lowest BCUT2D eigenvalue weighted by Gasteiger charge is -2.30. The number of para-hydroxylation sites is 2. The number of piperidine rings is 1. The van der Waals surface area contributed by atoms with Gasteiger partial charge in [0.1, 0.15) is 5.52 Å². The van der Waals surface area contributed by atoms with Crippen molar-refractivity contribution < 1.29 is 9.21 Å². The molecular formula is C19H18N4O2S. The van der Waals surface area contributed by atoms with Crippen LogP contribution in [0.2, 0.25) is 0 Å². The van der Waals surface area contributed by atoms with Crippen LogP contribution in [0.1, 0.15) is 30.3 Å². The molecular weight excluding hydrogens is 348 g/mol. The molecule has 5 rings (SSSR count). The predicted molar refractivity (Wildman–Crippen MR) is 99.3 cm³/mol. The molecule has 1 aromatic carbocycles. The van der Waals surface area contributed by atoms with Gasteiger partial charge in [0.25, 0.3) is 0 Å². The van der Waals surface area contributed by atoms with Crippen LogP contribution < -0.4 is 0 Å². The van der Waals surface area contributed by atoms with Crippen LogP contribution >= 0.6 is 11.3 Å². The minimum atomic E-state index is 0.145. The number of benzene rings is 1. The molecule has 0 saturated carbocycles. The van der Waals surface area contributed by atoms with Crippen molar-refractivity contribution in [1.29, 1.82) is 0 Å². The Bertz CT molecular complexity index is 1010. The predicted octanol–water partition coefficient (Wildman–Crippen LogP) is 3.49. The number of hydrogen-bond donors (Lipinski definition) is 0. The molecule has 0 radical (unpaired) electrons. The Kier molecular flexibility index (Phi) is 3.74. The van der Waals surface area contributed by atoms with Gasteiger partial charge in [0, 0.05) is 36.8 Å². The van der Waals surface area contributed by atoms with E-state index in [4.69, 9.17) is 4.42 Å². The number of carbonyl (C=O) groups excluding carboxylic acids is 1. The van der Waals surface area contributed by atoms with E-state index >= 15 is 0 Å². The average molecular weight is 366 g/mol. The molecule has 6 nitrogen and oxygen atoms in total. The van der Waals surface area contributed by atoms with Gasteiger partial charge in [0.2, 0.25) is 5.91 Å². The monoisotopic (exact) mass is 366 g/mol. The van der Waals surface area contributed by atoms with Crippen molar-refractivity contribution in [3.8, 4) is 0 Å². The highest BCUT2D eigenvalue weighted by atomic mass is 32.1. The maximum atomic E-state index is 12.6. The Morgan fingerprint density at radius 2 is 2.08 bits per heavy atom. The molecule has 0 bridgehead atoms. The first-order valence-electron chi connectivity index (χ1n) is 8.80. The van der Waals surface area contributed by atoms with E-state index in [9.17, 15) is 4.79 Å². The molecule has 4 heterocycles. The second kappa shape index (κ2) is 6.25. The van der Waals surface area contributed by atoms with Gasteiger partial charge < -0.3 is 9.32 Å². The Morgan fingerprint density at radius 3 is 2.88 bits per heavy atom. The Balaban J connectivity index is 1.23. The number of likely N-dealkylation sites (tertiary alicyclic amines) is 1. The highest BCUT2D eigenvalue weighted by Crippen LogP contribution is 2.30. The number of rotatable bonds is 3. The van der Waals surface area contributed by atoms with Crippen LogP contribution in [0.3, 0.4) is 0 Å². The first-order valence-corrected chi connectivity index (χ1v) is 9.68. The largest absolute Gasteiger partial charge is 0.440 e. The zero-order valence-corrected chi connectivity index (χ0v) is 15.0. The number of nitrogens with zero attached hydrogens (tertiary/aromatic N) is 4. The molecule has 26 heavy (non-hydrogen) atoms. The molecule has 1 aliphatic rings. The minimum absolute atomic E-state index is 0.145. The second-order valence-corrected chi connectivity index (χ2v) is 7.55. The van der Waals surface area contributed by atoms with Crippen LogP contribution in [0.4, 0.5) is 0 Å². The number of imidazole rings is 1. The third kappa shape index (κ3) is 2.78. The summed E-state index contributed by atoms with van der Waals surface area (Å²) in [4.78, 5) is 24.6.